The number of para-hydroxylation sites is 1. The van der Waals surface area contributed by atoms with Crippen LogP contribution >= 0.6 is 47.0 Å². The number of carbonyl (C=O) groups excluding carboxylic acids is 2. The molecule has 1 saturated heterocycles. The molecule has 0 atom stereocenters. The topological polar surface area (TPSA) is 62.6 Å². The van der Waals surface area contributed by atoms with E-state index >= 15 is 0 Å². The van der Waals surface area contributed by atoms with Crippen molar-refractivity contribution in [1.82, 2.24) is 5.32 Å². The molecular weight excluding hydrogens is 467 g/mol. The molecule has 2 aromatic carbocycles. The zero-order valence-corrected chi connectivity index (χ0v) is 18.1. The first-order chi connectivity index (χ1) is 14.3. The van der Waals surface area contributed by atoms with E-state index in [9.17, 15) is 9.59 Å². The number of rotatable bonds is 3. The molecule has 0 spiro atoms. The van der Waals surface area contributed by atoms with E-state index in [4.69, 9.17) is 51.4 Å². The first-order valence-corrected chi connectivity index (χ1v) is 10.1. The molecule has 1 aliphatic rings. The molecule has 1 fully saturated rings. The summed E-state index contributed by atoms with van der Waals surface area (Å²) < 4.78 is 5.77. The van der Waals surface area contributed by atoms with Gasteiger partial charge < -0.3 is 4.42 Å². The van der Waals surface area contributed by atoms with Gasteiger partial charge in [0.1, 0.15) is 17.1 Å². The van der Waals surface area contributed by atoms with Crippen molar-refractivity contribution in [1.29, 1.82) is 0 Å². The van der Waals surface area contributed by atoms with Gasteiger partial charge in [-0.2, -0.15) is 0 Å². The third kappa shape index (κ3) is 3.87. The van der Waals surface area contributed by atoms with Crippen molar-refractivity contribution in [2.45, 2.75) is 0 Å². The van der Waals surface area contributed by atoms with E-state index < -0.39 is 11.8 Å². The summed E-state index contributed by atoms with van der Waals surface area (Å²) in [4.78, 5) is 26.6. The highest BCUT2D eigenvalue weighted by molar-refractivity contribution is 7.80. The largest absolute Gasteiger partial charge is 0.457 e. The van der Waals surface area contributed by atoms with Gasteiger partial charge >= 0.3 is 0 Å². The van der Waals surface area contributed by atoms with Crippen LogP contribution in [-0.2, 0) is 9.59 Å². The summed E-state index contributed by atoms with van der Waals surface area (Å²) in [5, 5.41) is 3.68. The van der Waals surface area contributed by atoms with Crippen molar-refractivity contribution in [2.24, 2.45) is 0 Å². The molecule has 0 unspecified atom stereocenters. The maximum Gasteiger partial charge on any atom is 0.270 e. The van der Waals surface area contributed by atoms with Crippen LogP contribution in [0.5, 0.6) is 0 Å². The van der Waals surface area contributed by atoms with E-state index in [-0.39, 0.29) is 10.7 Å². The zero-order chi connectivity index (χ0) is 21.4. The summed E-state index contributed by atoms with van der Waals surface area (Å²) >= 11 is 23.5. The van der Waals surface area contributed by atoms with Crippen LogP contribution in [0.3, 0.4) is 0 Å². The molecule has 1 aromatic heterocycles. The number of anilines is 1. The molecule has 2 heterocycles. The molecule has 5 nitrogen and oxygen atoms in total. The van der Waals surface area contributed by atoms with Crippen LogP contribution in [0, 0.1) is 0 Å². The average Bonchev–Trinajstić information content (AvgIpc) is 3.15. The maximum absolute atomic E-state index is 13.0. The van der Waals surface area contributed by atoms with Gasteiger partial charge in [0, 0.05) is 10.6 Å². The van der Waals surface area contributed by atoms with Gasteiger partial charge in [-0.25, -0.2) is 0 Å². The van der Waals surface area contributed by atoms with Crippen LogP contribution in [0.15, 0.2) is 64.6 Å². The number of nitrogens with zero attached hydrogens (tertiary/aromatic N) is 1. The van der Waals surface area contributed by atoms with E-state index in [0.29, 0.717) is 37.8 Å². The SMILES string of the molecule is O=C1NC(=S)N(c2ccccc2Cl)C(=O)/C1=C\c1ccc(-c2ccc(Cl)cc2Cl)o1. The number of thiocarbonyl (C=S) groups is 1. The summed E-state index contributed by atoms with van der Waals surface area (Å²) in [6.45, 7) is 0. The van der Waals surface area contributed by atoms with Crippen LogP contribution in [0.2, 0.25) is 15.1 Å². The number of hydrogen-bond donors (Lipinski definition) is 1. The van der Waals surface area contributed by atoms with Gasteiger partial charge in [0.05, 0.1) is 15.7 Å². The number of nitrogens with one attached hydrogen (secondary N) is 1. The predicted octanol–water partition coefficient (Wildman–Crippen LogP) is 5.74. The molecular formula is C21H11Cl3N2O3S. The van der Waals surface area contributed by atoms with Crippen molar-refractivity contribution >= 4 is 75.7 Å². The Bertz CT molecular complexity index is 1240. The Morgan fingerprint density at radius 1 is 0.967 bits per heavy atom. The quantitative estimate of drug-likeness (QED) is 0.297. The number of halogens is 3. The second-order valence-electron chi connectivity index (χ2n) is 6.24. The molecule has 3 aromatic rings. The standard InChI is InChI=1S/C21H11Cl3N2O3S/c22-11-5-7-13(16(24)9-11)18-8-6-12(29-18)10-14-19(27)25-21(30)26(20(14)28)17-4-2-1-3-15(17)23/h1-10H,(H,25,27,30)/b14-10-. The summed E-state index contributed by atoms with van der Waals surface area (Å²) in [5.74, 6) is -0.484. The fourth-order valence-electron chi connectivity index (χ4n) is 2.92. The molecule has 0 bridgehead atoms. The minimum atomic E-state index is -0.629. The summed E-state index contributed by atoms with van der Waals surface area (Å²) in [7, 11) is 0. The number of benzene rings is 2. The minimum Gasteiger partial charge on any atom is -0.457 e. The number of amides is 2. The third-order valence-electron chi connectivity index (χ3n) is 4.31. The Balaban J connectivity index is 1.70. The molecule has 0 aliphatic carbocycles. The molecule has 0 saturated carbocycles. The monoisotopic (exact) mass is 476 g/mol. The van der Waals surface area contributed by atoms with E-state index in [0.717, 1.165) is 0 Å². The van der Waals surface area contributed by atoms with E-state index in [1.807, 2.05) is 0 Å². The number of carbonyl (C=O) groups is 2. The van der Waals surface area contributed by atoms with E-state index in [1.54, 1.807) is 54.6 Å². The average molecular weight is 478 g/mol. The Labute approximate surface area is 191 Å². The first-order valence-electron chi connectivity index (χ1n) is 8.56. The lowest BCUT2D eigenvalue weighted by atomic mass is 10.1. The minimum absolute atomic E-state index is 0.0525. The van der Waals surface area contributed by atoms with E-state index in [2.05, 4.69) is 5.32 Å². The molecule has 1 aliphatic heterocycles. The second kappa shape index (κ2) is 8.24. The van der Waals surface area contributed by atoms with Crippen molar-refractivity contribution in [3.63, 3.8) is 0 Å². The zero-order valence-electron chi connectivity index (χ0n) is 15.0. The lowest BCUT2D eigenvalue weighted by Crippen LogP contribution is -2.54. The predicted molar refractivity (Wildman–Crippen MR) is 122 cm³/mol. The molecule has 150 valence electrons. The highest BCUT2D eigenvalue weighted by Crippen LogP contribution is 2.33. The van der Waals surface area contributed by atoms with Crippen LogP contribution in [0.1, 0.15) is 5.76 Å². The van der Waals surface area contributed by atoms with Crippen molar-refractivity contribution in [3.05, 3.63) is 81.0 Å². The van der Waals surface area contributed by atoms with Gasteiger partial charge in [0.2, 0.25) is 0 Å². The third-order valence-corrected chi connectivity index (χ3v) is 5.46. The second-order valence-corrected chi connectivity index (χ2v) is 7.87. The van der Waals surface area contributed by atoms with Crippen LogP contribution in [0.4, 0.5) is 5.69 Å². The number of hydrogen-bond acceptors (Lipinski definition) is 4. The summed E-state index contributed by atoms with van der Waals surface area (Å²) in [6, 6.07) is 15.0. The lowest BCUT2D eigenvalue weighted by molar-refractivity contribution is -0.122. The molecule has 1 N–H and O–H groups in total. The van der Waals surface area contributed by atoms with Crippen molar-refractivity contribution in [2.75, 3.05) is 4.90 Å². The Hall–Kier alpha value is -2.64. The molecule has 30 heavy (non-hydrogen) atoms. The first kappa shape index (κ1) is 20.6. The Kier molecular flexibility index (Phi) is 5.66. The molecule has 9 heteroatoms. The van der Waals surface area contributed by atoms with Gasteiger partial charge in [-0.3, -0.25) is 19.8 Å². The van der Waals surface area contributed by atoms with Crippen molar-refractivity contribution < 1.29 is 14.0 Å². The Morgan fingerprint density at radius 2 is 1.73 bits per heavy atom. The van der Waals surface area contributed by atoms with Crippen molar-refractivity contribution in [3.8, 4) is 11.3 Å². The summed E-state index contributed by atoms with van der Waals surface area (Å²) in [5.41, 5.74) is 0.851. The highest BCUT2D eigenvalue weighted by atomic mass is 35.5. The van der Waals surface area contributed by atoms with Gasteiger partial charge in [0.25, 0.3) is 11.8 Å². The van der Waals surface area contributed by atoms with Gasteiger partial charge in [-0.1, -0.05) is 46.9 Å². The smallest absolute Gasteiger partial charge is 0.270 e. The molecule has 4 rings (SSSR count). The summed E-state index contributed by atoms with van der Waals surface area (Å²) in [6.07, 6.45) is 1.34. The fourth-order valence-corrected chi connectivity index (χ4v) is 3.91. The Morgan fingerprint density at radius 3 is 2.47 bits per heavy atom. The molecule has 0 radical (unpaired) electrons. The maximum atomic E-state index is 13.0. The molecule has 2 amide bonds. The highest BCUT2D eigenvalue weighted by Gasteiger charge is 2.35. The fraction of sp³-hybridized carbons (Fsp3) is 0. The van der Waals surface area contributed by atoms with E-state index in [1.165, 1.54) is 11.0 Å². The van der Waals surface area contributed by atoms with Gasteiger partial charge in [0.15, 0.2) is 5.11 Å². The van der Waals surface area contributed by atoms with Crippen LogP contribution < -0.4 is 10.2 Å². The van der Waals surface area contributed by atoms with Gasteiger partial charge in [-0.05, 0) is 60.8 Å². The van der Waals surface area contributed by atoms with Gasteiger partial charge in [-0.15, -0.1) is 0 Å². The number of furan rings is 1. The normalized spacial score (nSPS) is 15.6. The van der Waals surface area contributed by atoms with Crippen LogP contribution in [0.25, 0.3) is 17.4 Å². The lowest BCUT2D eigenvalue weighted by Gasteiger charge is -2.29. The van der Waals surface area contributed by atoms with Crippen LogP contribution in [-0.4, -0.2) is 16.9 Å².